The molecular formula is C12H13NO3. The molecule has 0 bridgehead atoms. The summed E-state index contributed by atoms with van der Waals surface area (Å²) in [4.78, 5) is 11.7. The molecule has 1 heterocycles. The highest BCUT2D eigenvalue weighted by Gasteiger charge is 2.09. The molecule has 0 amide bonds. The number of rotatable bonds is 2. The zero-order chi connectivity index (χ0) is 11.7. The largest absolute Gasteiger partial charge is 0.495 e. The van der Waals surface area contributed by atoms with Crippen molar-refractivity contribution in [2.24, 2.45) is 7.05 Å². The first-order valence-electron chi connectivity index (χ1n) is 4.95. The topological polar surface area (TPSA) is 51.5 Å². The molecule has 2 aromatic rings. The molecular weight excluding hydrogens is 206 g/mol. The Bertz CT molecular complexity index is 587. The number of benzene rings is 1. The van der Waals surface area contributed by atoms with Crippen LogP contribution in [0.15, 0.2) is 29.1 Å². The van der Waals surface area contributed by atoms with E-state index in [4.69, 9.17) is 4.74 Å². The molecule has 0 spiro atoms. The van der Waals surface area contributed by atoms with Gasteiger partial charge >= 0.3 is 0 Å². The van der Waals surface area contributed by atoms with E-state index in [2.05, 4.69) is 0 Å². The van der Waals surface area contributed by atoms with Crippen LogP contribution in [0, 0.1) is 0 Å². The smallest absolute Gasteiger partial charge is 0.251 e. The summed E-state index contributed by atoms with van der Waals surface area (Å²) in [5.74, 6) is 0.632. The van der Waals surface area contributed by atoms with E-state index in [1.807, 2.05) is 12.1 Å². The molecule has 1 N–H and O–H groups in total. The molecule has 0 aliphatic carbocycles. The summed E-state index contributed by atoms with van der Waals surface area (Å²) in [5.41, 5.74) is 1.18. The number of hydrogen-bond donors (Lipinski definition) is 1. The second-order valence-electron chi connectivity index (χ2n) is 3.58. The van der Waals surface area contributed by atoms with Gasteiger partial charge in [-0.2, -0.15) is 0 Å². The molecule has 16 heavy (non-hydrogen) atoms. The Labute approximate surface area is 92.7 Å². The summed E-state index contributed by atoms with van der Waals surface area (Å²) in [6.07, 6.45) is 0. The Morgan fingerprint density at radius 2 is 2.19 bits per heavy atom. The average molecular weight is 219 g/mol. The van der Waals surface area contributed by atoms with Crippen molar-refractivity contribution in [3.8, 4) is 5.75 Å². The van der Waals surface area contributed by atoms with E-state index in [9.17, 15) is 9.90 Å². The van der Waals surface area contributed by atoms with Gasteiger partial charge in [0.25, 0.3) is 5.56 Å². The van der Waals surface area contributed by atoms with E-state index in [0.29, 0.717) is 16.8 Å². The summed E-state index contributed by atoms with van der Waals surface area (Å²) in [6.45, 7) is -0.153. The predicted molar refractivity (Wildman–Crippen MR) is 61.7 cm³/mol. The first kappa shape index (κ1) is 10.7. The summed E-state index contributed by atoms with van der Waals surface area (Å²) < 4.78 is 6.74. The van der Waals surface area contributed by atoms with Crippen LogP contribution in [-0.4, -0.2) is 16.8 Å². The normalized spacial score (nSPS) is 10.7. The summed E-state index contributed by atoms with van der Waals surface area (Å²) >= 11 is 0. The first-order valence-corrected chi connectivity index (χ1v) is 4.95. The van der Waals surface area contributed by atoms with Crippen LogP contribution in [0.1, 0.15) is 5.56 Å². The third kappa shape index (κ3) is 1.47. The minimum Gasteiger partial charge on any atom is -0.495 e. The van der Waals surface area contributed by atoms with Gasteiger partial charge in [-0.15, -0.1) is 0 Å². The van der Waals surface area contributed by atoms with Crippen LogP contribution in [-0.2, 0) is 13.7 Å². The lowest BCUT2D eigenvalue weighted by Gasteiger charge is -2.11. The minimum atomic E-state index is -0.153. The van der Waals surface area contributed by atoms with Gasteiger partial charge < -0.3 is 14.4 Å². The number of fused-ring (bicyclic) bond motifs is 1. The van der Waals surface area contributed by atoms with Crippen LogP contribution in [0.25, 0.3) is 10.9 Å². The lowest BCUT2D eigenvalue weighted by atomic mass is 10.1. The fraction of sp³-hybridized carbons (Fsp3) is 0.250. The number of aliphatic hydroxyl groups is 1. The quantitative estimate of drug-likeness (QED) is 0.821. The van der Waals surface area contributed by atoms with Gasteiger partial charge in [0.2, 0.25) is 0 Å². The van der Waals surface area contributed by atoms with Crippen LogP contribution in [0.2, 0.25) is 0 Å². The SMILES string of the molecule is COc1cccc2c(CO)cc(=O)n(C)c12. The Hall–Kier alpha value is -1.81. The molecule has 2 rings (SSSR count). The third-order valence-corrected chi connectivity index (χ3v) is 2.70. The fourth-order valence-electron chi connectivity index (χ4n) is 1.86. The standard InChI is InChI=1S/C12H13NO3/c1-13-11(15)6-8(7-14)9-4-3-5-10(16-2)12(9)13/h3-6,14H,7H2,1-2H3. The van der Waals surface area contributed by atoms with Crippen molar-refractivity contribution in [2.75, 3.05) is 7.11 Å². The predicted octanol–water partition coefficient (Wildman–Crippen LogP) is 1.04. The van der Waals surface area contributed by atoms with E-state index in [1.54, 1.807) is 20.2 Å². The van der Waals surface area contributed by atoms with E-state index >= 15 is 0 Å². The minimum absolute atomic E-state index is 0.152. The summed E-state index contributed by atoms with van der Waals surface area (Å²) in [6, 6.07) is 6.94. The van der Waals surface area contributed by atoms with Crippen LogP contribution in [0.3, 0.4) is 0 Å². The monoisotopic (exact) mass is 219 g/mol. The second kappa shape index (κ2) is 3.98. The molecule has 0 aliphatic heterocycles. The number of pyridine rings is 1. The Morgan fingerprint density at radius 3 is 2.81 bits per heavy atom. The van der Waals surface area contributed by atoms with E-state index in [1.165, 1.54) is 10.6 Å². The van der Waals surface area contributed by atoms with Gasteiger partial charge in [0.05, 0.1) is 19.2 Å². The number of hydrogen-bond acceptors (Lipinski definition) is 3. The van der Waals surface area contributed by atoms with Crippen molar-refractivity contribution >= 4 is 10.9 Å². The third-order valence-electron chi connectivity index (χ3n) is 2.70. The molecule has 4 heteroatoms. The number of ether oxygens (including phenoxy) is 1. The molecule has 0 aliphatic rings. The van der Waals surface area contributed by atoms with Crippen molar-refractivity contribution < 1.29 is 9.84 Å². The van der Waals surface area contributed by atoms with Crippen molar-refractivity contribution in [3.05, 3.63) is 40.2 Å². The maximum Gasteiger partial charge on any atom is 0.251 e. The van der Waals surface area contributed by atoms with Crippen LogP contribution < -0.4 is 10.3 Å². The van der Waals surface area contributed by atoms with Crippen molar-refractivity contribution in [3.63, 3.8) is 0 Å². The second-order valence-corrected chi connectivity index (χ2v) is 3.58. The number of aliphatic hydroxyl groups excluding tert-OH is 1. The number of methoxy groups -OCH3 is 1. The average Bonchev–Trinajstić information content (AvgIpc) is 2.32. The van der Waals surface area contributed by atoms with Crippen LogP contribution >= 0.6 is 0 Å². The lowest BCUT2D eigenvalue weighted by molar-refractivity contribution is 0.283. The van der Waals surface area contributed by atoms with Gasteiger partial charge in [-0.25, -0.2) is 0 Å². The molecule has 0 radical (unpaired) electrons. The zero-order valence-electron chi connectivity index (χ0n) is 9.23. The molecule has 1 aromatic carbocycles. The number of aromatic nitrogens is 1. The van der Waals surface area contributed by atoms with Gasteiger partial charge in [0.1, 0.15) is 5.75 Å². The van der Waals surface area contributed by atoms with Crippen LogP contribution in [0.5, 0.6) is 5.75 Å². The molecule has 0 atom stereocenters. The van der Waals surface area contributed by atoms with Gasteiger partial charge in [-0.05, 0) is 11.6 Å². The molecule has 84 valence electrons. The van der Waals surface area contributed by atoms with Gasteiger partial charge in [-0.3, -0.25) is 4.79 Å². The van der Waals surface area contributed by atoms with Crippen molar-refractivity contribution in [2.45, 2.75) is 6.61 Å². The maximum absolute atomic E-state index is 11.7. The highest BCUT2D eigenvalue weighted by Crippen LogP contribution is 2.25. The van der Waals surface area contributed by atoms with Crippen molar-refractivity contribution in [1.29, 1.82) is 0 Å². The first-order chi connectivity index (χ1) is 7.69. The van der Waals surface area contributed by atoms with E-state index in [0.717, 1.165) is 5.39 Å². The highest BCUT2D eigenvalue weighted by atomic mass is 16.5. The lowest BCUT2D eigenvalue weighted by Crippen LogP contribution is -2.17. The molecule has 0 saturated heterocycles. The number of aryl methyl sites for hydroxylation is 1. The summed E-state index contributed by atoms with van der Waals surface area (Å²) in [7, 11) is 3.25. The van der Waals surface area contributed by atoms with Crippen molar-refractivity contribution in [1.82, 2.24) is 4.57 Å². The highest BCUT2D eigenvalue weighted by molar-refractivity contribution is 5.87. The van der Waals surface area contributed by atoms with Gasteiger partial charge in [0, 0.05) is 18.5 Å². The maximum atomic E-state index is 11.7. The molecule has 1 aromatic heterocycles. The molecule has 0 fully saturated rings. The van der Waals surface area contributed by atoms with Gasteiger partial charge in [-0.1, -0.05) is 12.1 Å². The molecule has 0 saturated carbocycles. The Balaban J connectivity index is 2.98. The summed E-state index contributed by atoms with van der Waals surface area (Å²) in [5, 5.41) is 10.1. The van der Waals surface area contributed by atoms with E-state index < -0.39 is 0 Å². The zero-order valence-corrected chi connectivity index (χ0v) is 9.23. The molecule has 4 nitrogen and oxygen atoms in total. The number of para-hydroxylation sites is 1. The van der Waals surface area contributed by atoms with Crippen LogP contribution in [0.4, 0.5) is 0 Å². The Morgan fingerprint density at radius 1 is 1.44 bits per heavy atom. The van der Waals surface area contributed by atoms with E-state index in [-0.39, 0.29) is 12.2 Å². The fourth-order valence-corrected chi connectivity index (χ4v) is 1.86. The van der Waals surface area contributed by atoms with Gasteiger partial charge in [0.15, 0.2) is 0 Å². The number of nitrogens with zero attached hydrogens (tertiary/aromatic N) is 1. The molecule has 0 unspecified atom stereocenters. The Kier molecular flexibility index (Phi) is 2.66.